The number of aromatic nitrogens is 2. The van der Waals surface area contributed by atoms with Crippen LogP contribution in [-0.2, 0) is 13.0 Å². The van der Waals surface area contributed by atoms with Gasteiger partial charge < -0.3 is 10.6 Å². The fourth-order valence-electron chi connectivity index (χ4n) is 1.78. The number of rotatable bonds is 7. The van der Waals surface area contributed by atoms with Crippen LogP contribution in [0.5, 0.6) is 0 Å². The SMILES string of the molecule is CCCc1nc(NCC)cc(NCc2ccsc2)n1. The van der Waals surface area contributed by atoms with Crippen LogP contribution in [0.1, 0.15) is 31.7 Å². The molecule has 2 aromatic rings. The first-order valence-electron chi connectivity index (χ1n) is 6.68. The molecule has 102 valence electrons. The Bertz CT molecular complexity index is 472. The largest absolute Gasteiger partial charge is 0.370 e. The van der Waals surface area contributed by atoms with Crippen LogP contribution in [0.25, 0.3) is 0 Å². The molecule has 0 unspecified atom stereocenters. The fourth-order valence-corrected chi connectivity index (χ4v) is 2.45. The topological polar surface area (TPSA) is 49.8 Å². The Kier molecular flexibility index (Phi) is 5.15. The molecule has 0 radical (unpaired) electrons. The summed E-state index contributed by atoms with van der Waals surface area (Å²) in [6, 6.07) is 4.09. The molecule has 0 fully saturated rings. The molecule has 4 nitrogen and oxygen atoms in total. The molecule has 0 aromatic carbocycles. The Labute approximate surface area is 118 Å². The third-order valence-electron chi connectivity index (χ3n) is 2.66. The summed E-state index contributed by atoms with van der Waals surface area (Å²) in [6.45, 7) is 5.88. The second kappa shape index (κ2) is 7.09. The molecule has 0 aliphatic rings. The average molecular weight is 276 g/mol. The minimum absolute atomic E-state index is 0.803. The molecule has 0 atom stereocenters. The Morgan fingerprint density at radius 1 is 1.16 bits per heavy atom. The van der Waals surface area contributed by atoms with E-state index >= 15 is 0 Å². The van der Waals surface area contributed by atoms with Gasteiger partial charge in [0.1, 0.15) is 17.5 Å². The van der Waals surface area contributed by atoms with Gasteiger partial charge in [0.05, 0.1) is 0 Å². The highest BCUT2D eigenvalue weighted by atomic mass is 32.1. The summed E-state index contributed by atoms with van der Waals surface area (Å²) in [6.07, 6.45) is 1.96. The van der Waals surface area contributed by atoms with E-state index in [2.05, 4.69) is 51.3 Å². The molecule has 0 aliphatic carbocycles. The van der Waals surface area contributed by atoms with Gasteiger partial charge in [-0.15, -0.1) is 0 Å². The summed E-state index contributed by atoms with van der Waals surface area (Å²) in [7, 11) is 0. The van der Waals surface area contributed by atoms with Crippen molar-refractivity contribution >= 4 is 23.0 Å². The van der Waals surface area contributed by atoms with Gasteiger partial charge in [-0.05, 0) is 35.7 Å². The predicted molar refractivity (Wildman–Crippen MR) is 81.8 cm³/mol. The van der Waals surface area contributed by atoms with E-state index in [1.54, 1.807) is 11.3 Å². The van der Waals surface area contributed by atoms with Crippen molar-refractivity contribution in [3.8, 4) is 0 Å². The van der Waals surface area contributed by atoms with Gasteiger partial charge in [-0.3, -0.25) is 0 Å². The average Bonchev–Trinajstić information content (AvgIpc) is 2.90. The molecule has 5 heteroatoms. The van der Waals surface area contributed by atoms with E-state index in [-0.39, 0.29) is 0 Å². The van der Waals surface area contributed by atoms with E-state index in [9.17, 15) is 0 Å². The molecule has 0 amide bonds. The van der Waals surface area contributed by atoms with Crippen LogP contribution in [-0.4, -0.2) is 16.5 Å². The van der Waals surface area contributed by atoms with Gasteiger partial charge in [-0.1, -0.05) is 6.92 Å². The van der Waals surface area contributed by atoms with Crippen LogP contribution in [0.4, 0.5) is 11.6 Å². The Morgan fingerprint density at radius 2 is 1.95 bits per heavy atom. The summed E-state index contributed by atoms with van der Waals surface area (Å²) in [5.74, 6) is 2.68. The zero-order chi connectivity index (χ0) is 13.5. The summed E-state index contributed by atoms with van der Waals surface area (Å²) in [4.78, 5) is 9.04. The van der Waals surface area contributed by atoms with E-state index in [0.29, 0.717) is 0 Å². The van der Waals surface area contributed by atoms with Crippen LogP contribution < -0.4 is 10.6 Å². The van der Waals surface area contributed by atoms with E-state index < -0.39 is 0 Å². The van der Waals surface area contributed by atoms with Gasteiger partial charge in [0.2, 0.25) is 0 Å². The van der Waals surface area contributed by atoms with Crippen molar-refractivity contribution < 1.29 is 0 Å². The van der Waals surface area contributed by atoms with Crippen LogP contribution in [0.15, 0.2) is 22.9 Å². The zero-order valence-corrected chi connectivity index (χ0v) is 12.3. The molecule has 0 saturated carbocycles. The van der Waals surface area contributed by atoms with Gasteiger partial charge in [0.25, 0.3) is 0 Å². The second-order valence-electron chi connectivity index (χ2n) is 4.32. The monoisotopic (exact) mass is 276 g/mol. The van der Waals surface area contributed by atoms with E-state index in [1.165, 1.54) is 5.56 Å². The van der Waals surface area contributed by atoms with Crippen molar-refractivity contribution in [1.82, 2.24) is 9.97 Å². The minimum atomic E-state index is 0.803. The van der Waals surface area contributed by atoms with Gasteiger partial charge in [0, 0.05) is 25.6 Å². The maximum absolute atomic E-state index is 4.55. The number of thiophene rings is 1. The Hall–Kier alpha value is -1.62. The first-order valence-corrected chi connectivity index (χ1v) is 7.63. The molecular weight excluding hydrogens is 256 g/mol. The normalized spacial score (nSPS) is 10.4. The summed E-state index contributed by atoms with van der Waals surface area (Å²) in [5, 5.41) is 10.8. The molecule has 0 spiro atoms. The first kappa shape index (κ1) is 13.8. The number of nitrogens with zero attached hydrogens (tertiary/aromatic N) is 2. The van der Waals surface area contributed by atoms with Crippen LogP contribution in [0, 0.1) is 0 Å². The third kappa shape index (κ3) is 4.21. The molecule has 2 rings (SSSR count). The van der Waals surface area contributed by atoms with Crippen LogP contribution in [0.2, 0.25) is 0 Å². The van der Waals surface area contributed by atoms with Crippen molar-refractivity contribution in [2.75, 3.05) is 17.2 Å². The zero-order valence-electron chi connectivity index (χ0n) is 11.4. The molecule has 2 aromatic heterocycles. The van der Waals surface area contributed by atoms with Gasteiger partial charge in [0.15, 0.2) is 0 Å². The Morgan fingerprint density at radius 3 is 2.58 bits per heavy atom. The lowest BCUT2D eigenvalue weighted by molar-refractivity contribution is 0.834. The molecule has 2 N–H and O–H groups in total. The maximum atomic E-state index is 4.55. The quantitative estimate of drug-likeness (QED) is 0.812. The summed E-state index contributed by atoms with van der Waals surface area (Å²) in [5.41, 5.74) is 1.28. The highest BCUT2D eigenvalue weighted by Gasteiger charge is 2.04. The fraction of sp³-hybridized carbons (Fsp3) is 0.429. The highest BCUT2D eigenvalue weighted by Crippen LogP contribution is 2.14. The number of anilines is 2. The molecular formula is C14H20N4S. The standard InChI is InChI=1S/C14H20N4S/c1-3-5-12-17-13(15-4-2)8-14(18-12)16-9-11-6-7-19-10-11/h6-8,10H,3-5,9H2,1-2H3,(H2,15,16,17,18). The number of hydrogen-bond donors (Lipinski definition) is 2. The minimum Gasteiger partial charge on any atom is -0.370 e. The lowest BCUT2D eigenvalue weighted by atomic mass is 10.3. The summed E-state index contributed by atoms with van der Waals surface area (Å²) >= 11 is 1.71. The lowest BCUT2D eigenvalue weighted by Crippen LogP contribution is -2.08. The van der Waals surface area contributed by atoms with Crippen molar-refractivity contribution in [3.63, 3.8) is 0 Å². The molecule has 19 heavy (non-hydrogen) atoms. The second-order valence-corrected chi connectivity index (χ2v) is 5.10. The Balaban J connectivity index is 2.08. The molecule has 2 heterocycles. The maximum Gasteiger partial charge on any atom is 0.133 e. The van der Waals surface area contributed by atoms with Crippen molar-refractivity contribution in [2.24, 2.45) is 0 Å². The number of hydrogen-bond acceptors (Lipinski definition) is 5. The predicted octanol–water partition coefficient (Wildman–Crippen LogP) is 3.53. The highest BCUT2D eigenvalue weighted by molar-refractivity contribution is 7.07. The van der Waals surface area contributed by atoms with Crippen molar-refractivity contribution in [2.45, 2.75) is 33.2 Å². The first-order chi connectivity index (χ1) is 9.31. The third-order valence-corrected chi connectivity index (χ3v) is 3.39. The summed E-state index contributed by atoms with van der Waals surface area (Å²) < 4.78 is 0. The van der Waals surface area contributed by atoms with Gasteiger partial charge in [-0.2, -0.15) is 11.3 Å². The van der Waals surface area contributed by atoms with Crippen molar-refractivity contribution in [1.29, 1.82) is 0 Å². The molecule has 0 bridgehead atoms. The van der Waals surface area contributed by atoms with Gasteiger partial charge in [-0.25, -0.2) is 9.97 Å². The lowest BCUT2D eigenvalue weighted by Gasteiger charge is -2.10. The number of aryl methyl sites for hydroxylation is 1. The van der Waals surface area contributed by atoms with Crippen LogP contribution in [0.3, 0.4) is 0 Å². The van der Waals surface area contributed by atoms with Crippen LogP contribution >= 0.6 is 11.3 Å². The smallest absolute Gasteiger partial charge is 0.133 e. The van der Waals surface area contributed by atoms with E-state index in [0.717, 1.165) is 43.4 Å². The van der Waals surface area contributed by atoms with Gasteiger partial charge >= 0.3 is 0 Å². The van der Waals surface area contributed by atoms with Crippen molar-refractivity contribution in [3.05, 3.63) is 34.3 Å². The molecule has 0 aliphatic heterocycles. The number of nitrogens with one attached hydrogen (secondary N) is 2. The van der Waals surface area contributed by atoms with E-state index in [4.69, 9.17) is 0 Å². The molecule has 0 saturated heterocycles. The van der Waals surface area contributed by atoms with E-state index in [1.807, 2.05) is 6.07 Å².